The smallest absolute Gasteiger partial charge is 0.0964 e. The molecular weight excluding hydrogens is 202 g/mol. The summed E-state index contributed by atoms with van der Waals surface area (Å²) in [5.41, 5.74) is 1.26. The predicted molar refractivity (Wildman–Crippen MR) is 65.0 cm³/mol. The fraction of sp³-hybridized carbons (Fsp3) is 0.818. The normalized spacial score (nSPS) is 12.4. The average molecular weight is 225 g/mol. The molecule has 0 aliphatic heterocycles. The molecule has 0 aliphatic rings. The van der Waals surface area contributed by atoms with Gasteiger partial charge in [-0.1, -0.05) is 19.1 Å². The van der Waals surface area contributed by atoms with Gasteiger partial charge < -0.3 is 10.2 Å². The third kappa shape index (κ3) is 4.72. The summed E-state index contributed by atoms with van der Waals surface area (Å²) in [4.78, 5) is 2.21. The van der Waals surface area contributed by atoms with Crippen molar-refractivity contribution in [3.05, 3.63) is 11.9 Å². The van der Waals surface area contributed by atoms with Gasteiger partial charge in [0.15, 0.2) is 0 Å². The lowest BCUT2D eigenvalue weighted by Crippen LogP contribution is -2.37. The van der Waals surface area contributed by atoms with E-state index in [1.807, 2.05) is 13.2 Å². The lowest BCUT2D eigenvalue weighted by Gasteiger charge is -2.28. The molecule has 0 saturated carbocycles. The molecule has 5 heteroatoms. The Kier molecular flexibility index (Phi) is 4.44. The molecule has 0 amide bonds. The Morgan fingerprint density at radius 3 is 2.62 bits per heavy atom. The number of nitrogens with zero attached hydrogens (tertiary/aromatic N) is 4. The van der Waals surface area contributed by atoms with E-state index in [1.165, 1.54) is 0 Å². The van der Waals surface area contributed by atoms with Crippen LogP contribution in [0.5, 0.6) is 0 Å². The van der Waals surface area contributed by atoms with Crippen LogP contribution in [0.4, 0.5) is 0 Å². The van der Waals surface area contributed by atoms with Crippen LogP contribution in [-0.2, 0) is 13.6 Å². The summed E-state index contributed by atoms with van der Waals surface area (Å²) >= 11 is 0. The van der Waals surface area contributed by atoms with Crippen LogP contribution in [0.15, 0.2) is 6.20 Å². The molecule has 0 spiro atoms. The van der Waals surface area contributed by atoms with Crippen molar-refractivity contribution in [2.75, 3.05) is 27.2 Å². The van der Waals surface area contributed by atoms with Gasteiger partial charge in [0.25, 0.3) is 0 Å². The lowest BCUT2D eigenvalue weighted by molar-refractivity contribution is 0.232. The fourth-order valence-corrected chi connectivity index (χ4v) is 1.92. The Morgan fingerprint density at radius 2 is 2.12 bits per heavy atom. The van der Waals surface area contributed by atoms with Crippen LogP contribution in [0.3, 0.4) is 0 Å². The second kappa shape index (κ2) is 5.41. The van der Waals surface area contributed by atoms with Crippen LogP contribution in [0.2, 0.25) is 0 Å². The standard InChI is InChI=1S/C11H23N5/c1-11(2,9-15(3)4)8-12-6-10-7-16(5)14-13-10/h7,12H,6,8-9H2,1-5H3. The molecule has 0 aromatic carbocycles. The highest BCUT2D eigenvalue weighted by atomic mass is 15.4. The quantitative estimate of drug-likeness (QED) is 0.765. The third-order valence-corrected chi connectivity index (χ3v) is 2.30. The monoisotopic (exact) mass is 225 g/mol. The zero-order valence-corrected chi connectivity index (χ0v) is 11.0. The van der Waals surface area contributed by atoms with Crippen molar-refractivity contribution in [1.82, 2.24) is 25.2 Å². The number of hydrogen-bond acceptors (Lipinski definition) is 4. The molecule has 1 aromatic heterocycles. The maximum absolute atomic E-state index is 4.04. The van der Waals surface area contributed by atoms with Crippen LogP contribution in [0.25, 0.3) is 0 Å². The summed E-state index contributed by atoms with van der Waals surface area (Å²) in [5.74, 6) is 0. The maximum Gasteiger partial charge on any atom is 0.0964 e. The molecule has 0 fully saturated rings. The molecule has 1 heterocycles. The fourth-order valence-electron chi connectivity index (χ4n) is 1.92. The summed E-state index contributed by atoms with van der Waals surface area (Å²) in [7, 11) is 6.08. The maximum atomic E-state index is 4.04. The summed E-state index contributed by atoms with van der Waals surface area (Å²) in [5, 5.41) is 11.4. The van der Waals surface area contributed by atoms with Crippen molar-refractivity contribution in [2.24, 2.45) is 12.5 Å². The topological polar surface area (TPSA) is 46.0 Å². The van der Waals surface area contributed by atoms with Crippen LogP contribution in [-0.4, -0.2) is 47.1 Å². The largest absolute Gasteiger partial charge is 0.310 e. The summed E-state index contributed by atoms with van der Waals surface area (Å²) in [6, 6.07) is 0. The van der Waals surface area contributed by atoms with Crippen LogP contribution < -0.4 is 5.32 Å². The van der Waals surface area contributed by atoms with Gasteiger partial charge in [-0.05, 0) is 19.5 Å². The first kappa shape index (κ1) is 13.1. The van der Waals surface area contributed by atoms with E-state index in [2.05, 4.69) is 48.5 Å². The highest BCUT2D eigenvalue weighted by molar-refractivity contribution is 4.91. The van der Waals surface area contributed by atoms with Gasteiger partial charge >= 0.3 is 0 Å². The SMILES string of the molecule is CN(C)CC(C)(C)CNCc1cn(C)nn1. The third-order valence-electron chi connectivity index (χ3n) is 2.30. The van der Waals surface area contributed by atoms with Gasteiger partial charge in [0, 0.05) is 32.9 Å². The first-order chi connectivity index (χ1) is 7.39. The lowest BCUT2D eigenvalue weighted by atomic mass is 9.93. The second-order valence-electron chi connectivity index (χ2n) is 5.39. The Hall–Kier alpha value is -0.940. The first-order valence-corrected chi connectivity index (χ1v) is 5.60. The van der Waals surface area contributed by atoms with E-state index in [9.17, 15) is 0 Å². The van der Waals surface area contributed by atoms with Crippen LogP contribution in [0, 0.1) is 5.41 Å². The van der Waals surface area contributed by atoms with Crippen molar-refractivity contribution < 1.29 is 0 Å². The Labute approximate surface area is 97.8 Å². The molecule has 0 atom stereocenters. The second-order valence-corrected chi connectivity index (χ2v) is 5.39. The van der Waals surface area contributed by atoms with Crippen LogP contribution >= 0.6 is 0 Å². The molecule has 5 nitrogen and oxygen atoms in total. The average Bonchev–Trinajstić information content (AvgIpc) is 2.48. The molecule has 0 saturated heterocycles. The molecule has 0 unspecified atom stereocenters. The highest BCUT2D eigenvalue weighted by Crippen LogP contribution is 2.14. The zero-order chi connectivity index (χ0) is 12.2. The number of aromatic nitrogens is 3. The summed E-state index contributed by atoms with van der Waals surface area (Å²) in [6.07, 6.45) is 1.94. The molecule has 1 rings (SSSR count). The molecular formula is C11H23N5. The molecule has 1 aromatic rings. The highest BCUT2D eigenvalue weighted by Gasteiger charge is 2.18. The molecule has 1 N–H and O–H groups in total. The van der Waals surface area contributed by atoms with Gasteiger partial charge in [-0.15, -0.1) is 5.10 Å². The molecule has 0 aliphatic carbocycles. The molecule has 0 radical (unpaired) electrons. The predicted octanol–water partition coefficient (Wildman–Crippen LogP) is 0.492. The number of rotatable bonds is 6. The van der Waals surface area contributed by atoms with E-state index >= 15 is 0 Å². The Bertz CT molecular complexity index is 316. The van der Waals surface area contributed by atoms with Crippen molar-refractivity contribution in [3.8, 4) is 0 Å². The summed E-state index contributed by atoms with van der Waals surface area (Å²) in [6.45, 7) is 7.35. The zero-order valence-electron chi connectivity index (χ0n) is 11.0. The molecule has 92 valence electrons. The summed E-state index contributed by atoms with van der Waals surface area (Å²) < 4.78 is 1.72. The van der Waals surface area contributed by atoms with Crippen molar-refractivity contribution in [1.29, 1.82) is 0 Å². The van der Waals surface area contributed by atoms with E-state index < -0.39 is 0 Å². The van der Waals surface area contributed by atoms with Crippen molar-refractivity contribution in [3.63, 3.8) is 0 Å². The van der Waals surface area contributed by atoms with Gasteiger partial charge in [-0.3, -0.25) is 4.68 Å². The molecule has 0 bridgehead atoms. The van der Waals surface area contributed by atoms with E-state index in [0.29, 0.717) is 0 Å². The van der Waals surface area contributed by atoms with E-state index in [4.69, 9.17) is 0 Å². The number of hydrogen-bond donors (Lipinski definition) is 1. The molecule has 16 heavy (non-hydrogen) atoms. The minimum absolute atomic E-state index is 0.270. The van der Waals surface area contributed by atoms with Crippen molar-refractivity contribution >= 4 is 0 Å². The van der Waals surface area contributed by atoms with Gasteiger partial charge in [-0.25, -0.2) is 0 Å². The minimum atomic E-state index is 0.270. The number of nitrogens with one attached hydrogen (secondary N) is 1. The minimum Gasteiger partial charge on any atom is -0.310 e. The van der Waals surface area contributed by atoms with Gasteiger partial charge in [-0.2, -0.15) is 0 Å². The van der Waals surface area contributed by atoms with E-state index in [-0.39, 0.29) is 5.41 Å². The number of aryl methyl sites for hydroxylation is 1. The Morgan fingerprint density at radius 1 is 1.44 bits per heavy atom. The Balaban J connectivity index is 2.29. The van der Waals surface area contributed by atoms with Crippen molar-refractivity contribution in [2.45, 2.75) is 20.4 Å². The van der Waals surface area contributed by atoms with Gasteiger partial charge in [0.05, 0.1) is 5.69 Å². The van der Waals surface area contributed by atoms with Crippen LogP contribution in [0.1, 0.15) is 19.5 Å². The first-order valence-electron chi connectivity index (χ1n) is 5.60. The van der Waals surface area contributed by atoms with Gasteiger partial charge in [0.1, 0.15) is 0 Å². The van der Waals surface area contributed by atoms with E-state index in [0.717, 1.165) is 25.3 Å². The van der Waals surface area contributed by atoms with E-state index in [1.54, 1.807) is 4.68 Å². The van der Waals surface area contributed by atoms with Gasteiger partial charge in [0.2, 0.25) is 0 Å².